The monoisotopic (exact) mass is 296 g/mol. The molecule has 0 N–H and O–H groups in total. The van der Waals surface area contributed by atoms with Crippen molar-refractivity contribution in [3.63, 3.8) is 0 Å². The molecule has 0 unspecified atom stereocenters. The molecule has 0 amide bonds. The van der Waals surface area contributed by atoms with Crippen LogP contribution < -0.4 is 9.47 Å². The minimum atomic E-state index is -0.390. The van der Waals surface area contributed by atoms with E-state index in [0.29, 0.717) is 12.4 Å². The Morgan fingerprint density at radius 1 is 1.00 bits per heavy atom. The van der Waals surface area contributed by atoms with Crippen LogP contribution in [-0.4, -0.2) is 12.6 Å². The third-order valence-corrected chi connectivity index (χ3v) is 3.02. The zero-order valence-corrected chi connectivity index (χ0v) is 13.1. The Morgan fingerprint density at radius 3 is 2.23 bits per heavy atom. The summed E-state index contributed by atoms with van der Waals surface area (Å²) < 4.78 is 10.7. The van der Waals surface area contributed by atoms with E-state index >= 15 is 0 Å². The number of carbonyl (C=O) groups excluding carboxylic acids is 1. The quantitative estimate of drug-likeness (QED) is 0.468. The van der Waals surface area contributed by atoms with Crippen molar-refractivity contribution in [3.05, 3.63) is 65.2 Å². The molecule has 0 radical (unpaired) electrons. The first kappa shape index (κ1) is 15.8. The number of ether oxygens (including phenoxy) is 2. The fourth-order valence-electron chi connectivity index (χ4n) is 2.15. The van der Waals surface area contributed by atoms with Gasteiger partial charge in [-0.3, -0.25) is 0 Å². The topological polar surface area (TPSA) is 35.5 Å². The minimum absolute atomic E-state index is 0.390. The third kappa shape index (κ3) is 4.77. The predicted octanol–water partition coefficient (Wildman–Crippen LogP) is 4.32. The maximum absolute atomic E-state index is 11.8. The van der Waals surface area contributed by atoms with Gasteiger partial charge in [-0.2, -0.15) is 0 Å². The largest absolute Gasteiger partial charge is 0.494 e. The number of carbonyl (C=O) groups is 1. The molecule has 0 saturated heterocycles. The van der Waals surface area contributed by atoms with Crippen molar-refractivity contribution in [2.75, 3.05) is 6.61 Å². The molecule has 3 nitrogen and oxygen atoms in total. The lowest BCUT2D eigenvalue weighted by Gasteiger charge is -2.04. The van der Waals surface area contributed by atoms with Crippen molar-refractivity contribution in [2.24, 2.45) is 0 Å². The van der Waals surface area contributed by atoms with Crippen LogP contribution in [0.5, 0.6) is 11.5 Å². The summed E-state index contributed by atoms with van der Waals surface area (Å²) in [4.78, 5) is 11.8. The Bertz CT molecular complexity index is 649. The van der Waals surface area contributed by atoms with Crippen molar-refractivity contribution in [2.45, 2.75) is 20.8 Å². The van der Waals surface area contributed by atoms with E-state index in [2.05, 4.69) is 0 Å². The maximum atomic E-state index is 11.8. The van der Waals surface area contributed by atoms with E-state index in [1.807, 2.05) is 63.2 Å². The number of esters is 1. The van der Waals surface area contributed by atoms with Crippen LogP contribution in [0.25, 0.3) is 6.08 Å². The average Bonchev–Trinajstić information content (AvgIpc) is 2.46. The second-order valence-corrected chi connectivity index (χ2v) is 5.08. The first-order valence-electron chi connectivity index (χ1n) is 7.28. The summed E-state index contributed by atoms with van der Waals surface area (Å²) in [7, 11) is 0. The van der Waals surface area contributed by atoms with E-state index < -0.39 is 0 Å². The molecule has 114 valence electrons. The van der Waals surface area contributed by atoms with Crippen LogP contribution in [-0.2, 0) is 4.79 Å². The molecule has 0 bridgehead atoms. The molecule has 2 aromatic carbocycles. The molecular weight excluding hydrogens is 276 g/mol. The average molecular weight is 296 g/mol. The van der Waals surface area contributed by atoms with Gasteiger partial charge in [0, 0.05) is 6.08 Å². The van der Waals surface area contributed by atoms with E-state index in [1.165, 1.54) is 6.08 Å². The highest BCUT2D eigenvalue weighted by atomic mass is 16.5. The zero-order chi connectivity index (χ0) is 15.9. The van der Waals surface area contributed by atoms with Gasteiger partial charge in [-0.15, -0.1) is 0 Å². The molecule has 3 heteroatoms. The molecular formula is C19H20O3. The van der Waals surface area contributed by atoms with Gasteiger partial charge in [0.2, 0.25) is 0 Å². The molecule has 0 heterocycles. The normalized spacial score (nSPS) is 10.7. The van der Waals surface area contributed by atoms with E-state index in [4.69, 9.17) is 9.47 Å². The fourth-order valence-corrected chi connectivity index (χ4v) is 2.15. The van der Waals surface area contributed by atoms with Gasteiger partial charge in [-0.25, -0.2) is 4.79 Å². The van der Waals surface area contributed by atoms with Crippen LogP contribution in [0.3, 0.4) is 0 Å². The van der Waals surface area contributed by atoms with E-state index in [9.17, 15) is 4.79 Å². The molecule has 0 fully saturated rings. The van der Waals surface area contributed by atoms with Crippen LogP contribution in [0, 0.1) is 13.8 Å². The van der Waals surface area contributed by atoms with Crippen molar-refractivity contribution in [3.8, 4) is 11.5 Å². The molecule has 0 aliphatic heterocycles. The van der Waals surface area contributed by atoms with E-state index in [-0.39, 0.29) is 5.97 Å². The molecule has 0 aliphatic rings. The fraction of sp³-hybridized carbons (Fsp3) is 0.211. The standard InChI is InChI=1S/C19H20O3/c1-4-21-17-8-5-16(6-9-17)7-10-19(20)22-18-12-14(2)11-15(3)13-18/h5-13H,4H2,1-3H3. The second kappa shape index (κ2) is 7.46. The summed E-state index contributed by atoms with van der Waals surface area (Å²) >= 11 is 0. The molecule has 2 aromatic rings. The molecule has 0 aromatic heterocycles. The van der Waals surface area contributed by atoms with Gasteiger partial charge in [0.05, 0.1) is 6.61 Å². The molecule has 0 saturated carbocycles. The number of rotatable bonds is 5. The lowest BCUT2D eigenvalue weighted by Crippen LogP contribution is -2.04. The summed E-state index contributed by atoms with van der Waals surface area (Å²) in [5, 5.41) is 0. The van der Waals surface area contributed by atoms with Crippen molar-refractivity contribution < 1.29 is 14.3 Å². The SMILES string of the molecule is CCOc1ccc(C=CC(=O)Oc2cc(C)cc(C)c2)cc1. The Balaban J connectivity index is 1.98. The zero-order valence-electron chi connectivity index (χ0n) is 13.1. The molecule has 0 atom stereocenters. The highest BCUT2D eigenvalue weighted by Crippen LogP contribution is 2.17. The Hall–Kier alpha value is -2.55. The molecule has 0 aliphatic carbocycles. The van der Waals surface area contributed by atoms with Crippen molar-refractivity contribution in [1.29, 1.82) is 0 Å². The second-order valence-electron chi connectivity index (χ2n) is 5.08. The number of aryl methyl sites for hydroxylation is 2. The number of hydrogen-bond acceptors (Lipinski definition) is 3. The summed E-state index contributed by atoms with van der Waals surface area (Å²) in [6.07, 6.45) is 3.15. The van der Waals surface area contributed by atoms with Gasteiger partial charge in [-0.05, 0) is 67.8 Å². The summed E-state index contributed by atoms with van der Waals surface area (Å²) in [5.74, 6) is 0.996. The van der Waals surface area contributed by atoms with Crippen LogP contribution in [0.4, 0.5) is 0 Å². The first-order valence-corrected chi connectivity index (χ1v) is 7.28. The smallest absolute Gasteiger partial charge is 0.336 e. The van der Waals surface area contributed by atoms with Gasteiger partial charge in [0.15, 0.2) is 0 Å². The van der Waals surface area contributed by atoms with Gasteiger partial charge < -0.3 is 9.47 Å². The van der Waals surface area contributed by atoms with Gasteiger partial charge in [0.25, 0.3) is 0 Å². The third-order valence-electron chi connectivity index (χ3n) is 3.02. The van der Waals surface area contributed by atoms with Crippen molar-refractivity contribution in [1.82, 2.24) is 0 Å². The Morgan fingerprint density at radius 2 is 1.64 bits per heavy atom. The van der Waals surface area contributed by atoms with Crippen LogP contribution in [0.1, 0.15) is 23.6 Å². The lowest BCUT2D eigenvalue weighted by atomic mass is 10.1. The Labute approximate surface area is 131 Å². The van der Waals surface area contributed by atoms with Gasteiger partial charge in [0.1, 0.15) is 11.5 Å². The summed E-state index contributed by atoms with van der Waals surface area (Å²) in [6.45, 7) is 6.52. The van der Waals surface area contributed by atoms with Gasteiger partial charge >= 0.3 is 5.97 Å². The Kier molecular flexibility index (Phi) is 5.37. The van der Waals surface area contributed by atoms with E-state index in [1.54, 1.807) is 6.08 Å². The lowest BCUT2D eigenvalue weighted by molar-refractivity contribution is -0.128. The first-order chi connectivity index (χ1) is 10.6. The maximum Gasteiger partial charge on any atom is 0.336 e. The van der Waals surface area contributed by atoms with Crippen LogP contribution in [0.2, 0.25) is 0 Å². The minimum Gasteiger partial charge on any atom is -0.494 e. The van der Waals surface area contributed by atoms with Crippen molar-refractivity contribution >= 4 is 12.0 Å². The summed E-state index contributed by atoms with van der Waals surface area (Å²) in [5.41, 5.74) is 3.05. The molecule has 22 heavy (non-hydrogen) atoms. The molecule has 2 rings (SSSR count). The van der Waals surface area contributed by atoms with E-state index in [0.717, 1.165) is 22.4 Å². The highest BCUT2D eigenvalue weighted by molar-refractivity contribution is 5.88. The summed E-state index contributed by atoms with van der Waals surface area (Å²) in [6, 6.07) is 13.3. The van der Waals surface area contributed by atoms with Crippen LogP contribution in [0.15, 0.2) is 48.5 Å². The number of benzene rings is 2. The molecule has 0 spiro atoms. The van der Waals surface area contributed by atoms with Gasteiger partial charge in [-0.1, -0.05) is 18.2 Å². The number of hydrogen-bond donors (Lipinski definition) is 0. The van der Waals surface area contributed by atoms with Crippen LogP contribution >= 0.6 is 0 Å². The predicted molar refractivity (Wildman–Crippen MR) is 88.2 cm³/mol. The highest BCUT2D eigenvalue weighted by Gasteiger charge is 2.02.